The Hall–Kier alpha value is -1.97. The molecule has 0 fully saturated rings. The zero-order chi connectivity index (χ0) is 18.2. The number of carbonyl (C=O) groups is 1. The molecule has 0 radical (unpaired) electrons. The van der Waals surface area contributed by atoms with E-state index >= 15 is 0 Å². The van der Waals surface area contributed by atoms with Crippen molar-refractivity contribution in [2.45, 2.75) is 24.5 Å². The average Bonchev–Trinajstić information content (AvgIpc) is 2.61. The number of nitrogens with zero attached hydrogens (tertiary/aromatic N) is 1. The summed E-state index contributed by atoms with van der Waals surface area (Å²) < 4.78 is 20.9. The topological polar surface area (TPSA) is 106 Å². The van der Waals surface area contributed by atoms with Crippen LogP contribution in [-0.4, -0.2) is 27.9 Å². The van der Waals surface area contributed by atoms with E-state index in [0.717, 1.165) is 5.56 Å². The fourth-order valence-corrected chi connectivity index (χ4v) is 3.39. The van der Waals surface area contributed by atoms with E-state index in [1.165, 1.54) is 6.20 Å². The summed E-state index contributed by atoms with van der Waals surface area (Å²) in [5.74, 6) is 0.192. The Morgan fingerprint density at radius 1 is 1.40 bits per heavy atom. The second kappa shape index (κ2) is 9.50. The first kappa shape index (κ1) is 19.4. The van der Waals surface area contributed by atoms with Gasteiger partial charge in [0, 0.05) is 23.3 Å². The van der Waals surface area contributed by atoms with Crippen LogP contribution in [0.15, 0.2) is 52.0 Å². The number of hydrogen-bond acceptors (Lipinski definition) is 5. The summed E-state index contributed by atoms with van der Waals surface area (Å²) in [5.41, 5.74) is 6.62. The van der Waals surface area contributed by atoms with Gasteiger partial charge in [-0.15, -0.1) is 0 Å². The summed E-state index contributed by atoms with van der Waals surface area (Å²) >= 11 is 3.26. The van der Waals surface area contributed by atoms with E-state index in [1.54, 1.807) is 13.0 Å². The first-order chi connectivity index (χ1) is 12.0. The Kier molecular flexibility index (Phi) is 7.35. The fourth-order valence-electron chi connectivity index (χ4n) is 1.88. The second-order valence-corrected chi connectivity index (χ2v) is 7.44. The van der Waals surface area contributed by atoms with Crippen LogP contribution in [0.4, 0.5) is 10.6 Å². The minimum Gasteiger partial charge on any atom is -0.445 e. The number of halogens is 1. The summed E-state index contributed by atoms with van der Waals surface area (Å²) in [7, 11) is -1.53. The van der Waals surface area contributed by atoms with Crippen LogP contribution in [-0.2, 0) is 22.3 Å². The van der Waals surface area contributed by atoms with Gasteiger partial charge in [-0.25, -0.2) is 18.7 Å². The van der Waals surface area contributed by atoms with Crippen LogP contribution in [0.2, 0.25) is 0 Å². The van der Waals surface area contributed by atoms with Crippen LogP contribution in [0, 0.1) is 0 Å². The second-order valence-electron chi connectivity index (χ2n) is 5.26. The van der Waals surface area contributed by atoms with Crippen LogP contribution in [0.3, 0.4) is 0 Å². The van der Waals surface area contributed by atoms with E-state index in [0.29, 0.717) is 9.37 Å². The lowest BCUT2D eigenvalue weighted by Gasteiger charge is -2.15. The predicted molar refractivity (Wildman–Crippen MR) is 100.0 cm³/mol. The number of rotatable bonds is 7. The van der Waals surface area contributed by atoms with Crippen molar-refractivity contribution in [2.24, 2.45) is 0 Å². The zero-order valence-electron chi connectivity index (χ0n) is 13.6. The third kappa shape index (κ3) is 6.45. The maximum Gasteiger partial charge on any atom is 0.407 e. The summed E-state index contributed by atoms with van der Waals surface area (Å²) in [6.07, 6.45) is 0.996. The maximum atomic E-state index is 12.2. The first-order valence-electron chi connectivity index (χ1n) is 7.49. The molecule has 1 amide bonds. The van der Waals surface area contributed by atoms with E-state index in [-0.39, 0.29) is 25.0 Å². The van der Waals surface area contributed by atoms with Gasteiger partial charge in [0.2, 0.25) is 0 Å². The van der Waals surface area contributed by atoms with Crippen molar-refractivity contribution in [2.75, 3.05) is 12.3 Å². The molecule has 1 heterocycles. The number of nitrogen functional groups attached to an aromatic ring is 1. The van der Waals surface area contributed by atoms with Crippen LogP contribution >= 0.6 is 15.9 Å². The summed E-state index contributed by atoms with van der Waals surface area (Å²) in [4.78, 5) is 16.1. The lowest BCUT2D eigenvalue weighted by atomic mass is 10.2. The number of benzene rings is 1. The molecule has 2 aromatic rings. The lowest BCUT2D eigenvalue weighted by molar-refractivity contribution is 0.136. The Balaban J connectivity index is 1.76. The molecule has 1 aromatic heterocycles. The van der Waals surface area contributed by atoms with Gasteiger partial charge in [0.05, 0.1) is 4.90 Å². The number of ether oxygens (including phenoxy) is 1. The first-order valence-corrected chi connectivity index (χ1v) is 9.43. The highest BCUT2D eigenvalue weighted by Crippen LogP contribution is 2.18. The molecule has 0 aliphatic carbocycles. The van der Waals surface area contributed by atoms with Crippen LogP contribution < -0.4 is 15.8 Å². The summed E-state index contributed by atoms with van der Waals surface area (Å²) in [5, 5.41) is 2.67. The summed E-state index contributed by atoms with van der Waals surface area (Å²) in [6.45, 7) is 2.24. The number of aromatic nitrogens is 1. The molecular formula is C16H19BrN4O3S. The molecule has 0 aliphatic heterocycles. The van der Waals surface area contributed by atoms with Gasteiger partial charge in [-0.1, -0.05) is 30.3 Å². The summed E-state index contributed by atoms with van der Waals surface area (Å²) in [6, 6.07) is 10.7. The number of hydrogen-bond donors (Lipinski definition) is 3. The predicted octanol–water partition coefficient (Wildman–Crippen LogP) is 2.35. The SMILES string of the molecule is CC(CNS(=O)c1cc(Br)cnc1N)NC(=O)OCc1ccccc1. The lowest BCUT2D eigenvalue weighted by Crippen LogP contribution is -2.40. The molecule has 0 aliphatic rings. The molecule has 134 valence electrons. The minimum atomic E-state index is -1.53. The molecule has 4 N–H and O–H groups in total. The van der Waals surface area contributed by atoms with Crippen molar-refractivity contribution >= 4 is 38.8 Å². The van der Waals surface area contributed by atoms with E-state index in [9.17, 15) is 9.00 Å². The van der Waals surface area contributed by atoms with Crippen molar-refractivity contribution in [1.82, 2.24) is 15.0 Å². The fraction of sp³-hybridized carbons (Fsp3) is 0.250. The van der Waals surface area contributed by atoms with Gasteiger partial charge >= 0.3 is 6.09 Å². The number of carbonyl (C=O) groups excluding carboxylic acids is 1. The quantitative estimate of drug-likeness (QED) is 0.629. The number of pyridine rings is 1. The van der Waals surface area contributed by atoms with E-state index in [1.807, 2.05) is 30.3 Å². The molecule has 1 aromatic carbocycles. The molecule has 0 saturated heterocycles. The van der Waals surface area contributed by atoms with Crippen molar-refractivity contribution in [3.8, 4) is 0 Å². The van der Waals surface area contributed by atoms with Crippen LogP contribution in [0.25, 0.3) is 0 Å². The molecule has 0 bridgehead atoms. The van der Waals surface area contributed by atoms with Crippen LogP contribution in [0.5, 0.6) is 0 Å². The molecule has 2 rings (SSSR count). The number of nitrogens with one attached hydrogen (secondary N) is 2. The molecule has 7 nitrogen and oxygen atoms in total. The van der Waals surface area contributed by atoms with Gasteiger partial charge in [-0.05, 0) is 34.5 Å². The third-order valence-electron chi connectivity index (χ3n) is 3.15. The Bertz CT molecular complexity index is 745. The van der Waals surface area contributed by atoms with Gasteiger partial charge in [-0.2, -0.15) is 0 Å². The minimum absolute atomic E-state index is 0.192. The van der Waals surface area contributed by atoms with E-state index in [4.69, 9.17) is 10.5 Å². The van der Waals surface area contributed by atoms with Gasteiger partial charge in [0.1, 0.15) is 23.4 Å². The maximum absolute atomic E-state index is 12.2. The number of alkyl carbamates (subject to hydrolysis) is 1. The zero-order valence-corrected chi connectivity index (χ0v) is 16.0. The Labute approximate surface area is 157 Å². The number of amides is 1. The van der Waals surface area contributed by atoms with Gasteiger partial charge in [0.25, 0.3) is 0 Å². The standard InChI is InChI=1S/C16H19BrN4O3S/c1-11(21-16(22)24-10-12-5-3-2-4-6-12)8-20-25(23)14-7-13(17)9-19-15(14)18/h2-7,9,11,20H,8,10H2,1H3,(H2,18,19)(H,21,22). The van der Waals surface area contributed by atoms with Crippen molar-refractivity contribution in [1.29, 1.82) is 0 Å². The number of nitrogens with two attached hydrogens (primary N) is 1. The highest BCUT2D eigenvalue weighted by molar-refractivity contribution is 9.10. The Morgan fingerprint density at radius 2 is 2.12 bits per heavy atom. The highest BCUT2D eigenvalue weighted by atomic mass is 79.9. The average molecular weight is 427 g/mol. The van der Waals surface area contributed by atoms with Gasteiger partial charge in [0.15, 0.2) is 0 Å². The monoisotopic (exact) mass is 426 g/mol. The normalized spacial score (nSPS) is 13.0. The van der Waals surface area contributed by atoms with Crippen molar-refractivity contribution in [3.05, 3.63) is 52.6 Å². The molecule has 2 atom stereocenters. The molecule has 9 heteroatoms. The molecular weight excluding hydrogens is 408 g/mol. The largest absolute Gasteiger partial charge is 0.445 e. The van der Waals surface area contributed by atoms with Gasteiger partial charge < -0.3 is 15.8 Å². The highest BCUT2D eigenvalue weighted by Gasteiger charge is 2.13. The molecule has 2 unspecified atom stereocenters. The van der Waals surface area contributed by atoms with Crippen LogP contribution in [0.1, 0.15) is 12.5 Å². The smallest absolute Gasteiger partial charge is 0.407 e. The van der Waals surface area contributed by atoms with Crippen molar-refractivity contribution in [3.63, 3.8) is 0 Å². The molecule has 0 saturated carbocycles. The molecule has 0 spiro atoms. The van der Waals surface area contributed by atoms with E-state index < -0.39 is 17.1 Å². The van der Waals surface area contributed by atoms with Gasteiger partial charge in [-0.3, -0.25) is 0 Å². The van der Waals surface area contributed by atoms with Crippen molar-refractivity contribution < 1.29 is 13.7 Å². The Morgan fingerprint density at radius 3 is 2.84 bits per heavy atom. The number of anilines is 1. The van der Waals surface area contributed by atoms with E-state index in [2.05, 4.69) is 31.0 Å². The molecule has 25 heavy (non-hydrogen) atoms. The third-order valence-corrected chi connectivity index (χ3v) is 4.73.